The number of benzene rings is 1. The lowest BCUT2D eigenvalue weighted by atomic mass is 9.88. The number of hydrogen-bond acceptors (Lipinski definition) is 6. The number of rotatable bonds is 9. The normalized spacial score (nSPS) is 18.3. The van der Waals surface area contributed by atoms with Gasteiger partial charge in [0, 0.05) is 13.1 Å². The van der Waals surface area contributed by atoms with Crippen LogP contribution < -0.4 is 0 Å². The molecule has 1 aromatic rings. The highest BCUT2D eigenvalue weighted by atomic mass is 32.2. The standard InChI is InChI=1S/C25H39NO6S/c1-18(2)22(16-23(27)32-25(4,5)6)24(28)26-14-7-8-20(17-26)13-15-31-33(29,30)21-11-9-19(3)10-12-21/h9-12,18,20,22H,7-8,13-17H2,1-6H3/t20?,22-/m0/s1. The van der Waals surface area contributed by atoms with Crippen LogP contribution >= 0.6 is 0 Å². The molecular weight excluding hydrogens is 442 g/mol. The van der Waals surface area contributed by atoms with Gasteiger partial charge in [0.25, 0.3) is 10.1 Å². The summed E-state index contributed by atoms with van der Waals surface area (Å²) < 4.78 is 35.5. The van der Waals surface area contributed by atoms with Crippen molar-refractivity contribution < 1.29 is 26.9 Å². The Morgan fingerprint density at radius 1 is 1.15 bits per heavy atom. The molecule has 0 aliphatic carbocycles. The number of aryl methyl sites for hydroxylation is 1. The highest BCUT2D eigenvalue weighted by Gasteiger charge is 2.33. The van der Waals surface area contributed by atoms with Crippen molar-refractivity contribution in [2.75, 3.05) is 19.7 Å². The van der Waals surface area contributed by atoms with E-state index in [1.807, 2.05) is 46.4 Å². The predicted molar refractivity (Wildman–Crippen MR) is 127 cm³/mol. The largest absolute Gasteiger partial charge is 0.460 e. The molecule has 33 heavy (non-hydrogen) atoms. The molecule has 1 fully saturated rings. The molecular formula is C25H39NO6S. The summed E-state index contributed by atoms with van der Waals surface area (Å²) in [5.41, 5.74) is 0.392. The molecule has 1 unspecified atom stereocenters. The van der Waals surface area contributed by atoms with Gasteiger partial charge in [-0.15, -0.1) is 0 Å². The first-order valence-electron chi connectivity index (χ1n) is 11.7. The van der Waals surface area contributed by atoms with Gasteiger partial charge in [-0.25, -0.2) is 0 Å². The lowest BCUT2D eigenvalue weighted by Gasteiger charge is -2.36. The van der Waals surface area contributed by atoms with Crippen LogP contribution in [0.25, 0.3) is 0 Å². The van der Waals surface area contributed by atoms with Gasteiger partial charge < -0.3 is 9.64 Å². The molecule has 0 spiro atoms. The van der Waals surface area contributed by atoms with Gasteiger partial charge in [0.1, 0.15) is 5.60 Å². The molecule has 0 aromatic heterocycles. The van der Waals surface area contributed by atoms with Gasteiger partial charge in [-0.05, 0) is 70.9 Å². The molecule has 8 heteroatoms. The molecule has 1 aromatic carbocycles. The molecule has 0 saturated carbocycles. The zero-order valence-electron chi connectivity index (χ0n) is 20.8. The molecule has 1 amide bonds. The van der Waals surface area contributed by atoms with Crippen molar-refractivity contribution in [1.82, 2.24) is 4.90 Å². The highest BCUT2D eigenvalue weighted by molar-refractivity contribution is 7.86. The molecule has 1 saturated heterocycles. The lowest BCUT2D eigenvalue weighted by Crippen LogP contribution is -2.45. The van der Waals surface area contributed by atoms with Crippen molar-refractivity contribution >= 4 is 22.0 Å². The summed E-state index contributed by atoms with van der Waals surface area (Å²) in [5, 5.41) is 0. The van der Waals surface area contributed by atoms with E-state index in [4.69, 9.17) is 8.92 Å². The summed E-state index contributed by atoms with van der Waals surface area (Å²) in [6.07, 6.45) is 2.37. The third-order valence-corrected chi connectivity index (χ3v) is 7.16. The van der Waals surface area contributed by atoms with E-state index in [1.165, 1.54) is 0 Å². The van der Waals surface area contributed by atoms with Crippen LogP contribution in [0.2, 0.25) is 0 Å². The first-order valence-corrected chi connectivity index (χ1v) is 13.2. The van der Waals surface area contributed by atoms with Gasteiger partial charge >= 0.3 is 5.97 Å². The Balaban J connectivity index is 1.91. The fraction of sp³-hybridized carbons (Fsp3) is 0.680. The molecule has 0 N–H and O–H groups in total. The first kappa shape index (κ1) is 27.3. The summed E-state index contributed by atoms with van der Waals surface area (Å²) in [6.45, 7) is 12.5. The van der Waals surface area contributed by atoms with Crippen molar-refractivity contribution in [2.24, 2.45) is 17.8 Å². The maximum absolute atomic E-state index is 13.2. The van der Waals surface area contributed by atoms with Gasteiger partial charge in [-0.3, -0.25) is 13.8 Å². The smallest absolute Gasteiger partial charge is 0.307 e. The topological polar surface area (TPSA) is 90.0 Å². The second-order valence-electron chi connectivity index (χ2n) is 10.3. The summed E-state index contributed by atoms with van der Waals surface area (Å²) in [4.78, 5) is 27.5. The van der Waals surface area contributed by atoms with E-state index in [0.29, 0.717) is 19.5 Å². The summed E-state index contributed by atoms with van der Waals surface area (Å²) >= 11 is 0. The van der Waals surface area contributed by atoms with Crippen LogP contribution in [0, 0.1) is 24.7 Å². The van der Waals surface area contributed by atoms with E-state index in [1.54, 1.807) is 24.3 Å². The van der Waals surface area contributed by atoms with Crippen molar-refractivity contribution in [3.8, 4) is 0 Å². The van der Waals surface area contributed by atoms with E-state index < -0.39 is 21.6 Å². The van der Waals surface area contributed by atoms with Crippen LogP contribution in [0.5, 0.6) is 0 Å². The van der Waals surface area contributed by atoms with Crippen molar-refractivity contribution in [3.63, 3.8) is 0 Å². The maximum Gasteiger partial charge on any atom is 0.307 e. The Labute approximate surface area is 199 Å². The second kappa shape index (κ2) is 11.5. The van der Waals surface area contributed by atoms with Gasteiger partial charge in [0.2, 0.25) is 5.91 Å². The predicted octanol–water partition coefficient (Wildman–Crippen LogP) is 4.33. The van der Waals surface area contributed by atoms with Crippen LogP contribution in [-0.4, -0.2) is 50.5 Å². The van der Waals surface area contributed by atoms with E-state index in [0.717, 1.165) is 18.4 Å². The Morgan fingerprint density at radius 2 is 1.79 bits per heavy atom. The third-order valence-electron chi connectivity index (χ3n) is 5.83. The summed E-state index contributed by atoms with van der Waals surface area (Å²) in [6, 6.07) is 6.57. The number of amides is 1. The van der Waals surface area contributed by atoms with Crippen LogP contribution in [0.15, 0.2) is 29.2 Å². The average Bonchev–Trinajstić information content (AvgIpc) is 2.70. The number of esters is 1. The number of carbonyl (C=O) groups excluding carboxylic acids is 2. The number of likely N-dealkylation sites (tertiary alicyclic amines) is 1. The Morgan fingerprint density at radius 3 is 2.36 bits per heavy atom. The third kappa shape index (κ3) is 8.74. The van der Waals surface area contributed by atoms with E-state index in [-0.39, 0.29) is 41.6 Å². The van der Waals surface area contributed by atoms with Crippen LogP contribution in [-0.2, 0) is 28.6 Å². The molecule has 2 rings (SSSR count). The number of hydrogen-bond donors (Lipinski definition) is 0. The SMILES string of the molecule is Cc1ccc(S(=O)(=O)OCCC2CCCN(C(=O)[C@@H](CC(=O)OC(C)(C)C)C(C)C)C2)cc1. The molecule has 1 heterocycles. The average molecular weight is 482 g/mol. The number of ether oxygens (including phenoxy) is 1. The Kier molecular flexibility index (Phi) is 9.49. The van der Waals surface area contributed by atoms with Crippen molar-refractivity contribution in [1.29, 1.82) is 0 Å². The van der Waals surface area contributed by atoms with Crippen LogP contribution in [0.1, 0.15) is 65.9 Å². The monoisotopic (exact) mass is 481 g/mol. The number of piperidine rings is 1. The van der Waals surface area contributed by atoms with Gasteiger partial charge in [-0.2, -0.15) is 8.42 Å². The molecule has 0 bridgehead atoms. The van der Waals surface area contributed by atoms with Crippen molar-refractivity contribution in [3.05, 3.63) is 29.8 Å². The minimum absolute atomic E-state index is 0.00776. The van der Waals surface area contributed by atoms with Crippen LogP contribution in [0.4, 0.5) is 0 Å². The number of nitrogens with zero attached hydrogens (tertiary/aromatic N) is 1. The first-order chi connectivity index (χ1) is 15.3. The molecule has 2 atom stereocenters. The maximum atomic E-state index is 13.2. The highest BCUT2D eigenvalue weighted by Crippen LogP contribution is 2.26. The fourth-order valence-corrected chi connectivity index (χ4v) is 4.92. The van der Waals surface area contributed by atoms with E-state index >= 15 is 0 Å². The molecule has 1 aliphatic rings. The summed E-state index contributed by atoms with van der Waals surface area (Å²) in [5.74, 6) is -0.665. The molecule has 7 nitrogen and oxygen atoms in total. The van der Waals surface area contributed by atoms with E-state index in [9.17, 15) is 18.0 Å². The lowest BCUT2D eigenvalue weighted by molar-refractivity contribution is -0.159. The zero-order chi connectivity index (χ0) is 24.8. The fourth-order valence-electron chi connectivity index (χ4n) is 4.00. The summed E-state index contributed by atoms with van der Waals surface area (Å²) in [7, 11) is -3.79. The van der Waals surface area contributed by atoms with Crippen LogP contribution in [0.3, 0.4) is 0 Å². The number of carbonyl (C=O) groups is 2. The van der Waals surface area contributed by atoms with E-state index in [2.05, 4.69) is 0 Å². The molecule has 0 radical (unpaired) electrons. The zero-order valence-corrected chi connectivity index (χ0v) is 21.6. The molecule has 186 valence electrons. The second-order valence-corrected chi connectivity index (χ2v) is 11.9. The Hall–Kier alpha value is -1.93. The van der Waals surface area contributed by atoms with Gasteiger partial charge in [0.05, 0.1) is 23.8 Å². The minimum Gasteiger partial charge on any atom is -0.460 e. The minimum atomic E-state index is -3.79. The quantitative estimate of drug-likeness (QED) is 0.385. The van der Waals surface area contributed by atoms with Crippen molar-refractivity contribution in [2.45, 2.75) is 77.7 Å². The van der Waals surface area contributed by atoms with Gasteiger partial charge in [-0.1, -0.05) is 31.5 Å². The molecule has 1 aliphatic heterocycles. The van der Waals surface area contributed by atoms with Gasteiger partial charge in [0.15, 0.2) is 0 Å². The Bertz CT molecular complexity index is 902.